The van der Waals surface area contributed by atoms with Crippen molar-refractivity contribution in [2.45, 2.75) is 19.3 Å². The number of aliphatic carboxylic acids is 1. The van der Waals surface area contributed by atoms with E-state index in [0.29, 0.717) is 36.1 Å². The van der Waals surface area contributed by atoms with Gasteiger partial charge < -0.3 is 14.9 Å². The van der Waals surface area contributed by atoms with Gasteiger partial charge in [0.05, 0.1) is 13.0 Å². The minimum atomic E-state index is -0.860. The summed E-state index contributed by atoms with van der Waals surface area (Å²) in [6.45, 7) is 0. The average molecular weight is 288 g/mol. The number of carbonyl (C=O) groups excluding carboxylic acids is 1. The van der Waals surface area contributed by atoms with Crippen LogP contribution >= 0.6 is 0 Å². The van der Waals surface area contributed by atoms with Crippen molar-refractivity contribution in [3.8, 4) is 11.5 Å². The van der Waals surface area contributed by atoms with Crippen LogP contribution in [-0.4, -0.2) is 29.1 Å². The smallest absolute Gasteiger partial charge is 0.307 e. The molecule has 0 heterocycles. The van der Waals surface area contributed by atoms with Crippen molar-refractivity contribution in [2.24, 2.45) is 11.8 Å². The molecule has 3 rings (SSSR count). The van der Waals surface area contributed by atoms with Crippen molar-refractivity contribution < 1.29 is 24.5 Å². The average Bonchev–Trinajstić information content (AvgIpc) is 2.46. The Bertz CT molecular complexity index is 659. The van der Waals surface area contributed by atoms with Gasteiger partial charge >= 0.3 is 5.97 Å². The highest BCUT2D eigenvalue weighted by Gasteiger charge is 2.40. The lowest BCUT2D eigenvalue weighted by atomic mass is 9.68. The van der Waals surface area contributed by atoms with Gasteiger partial charge in [-0.15, -0.1) is 0 Å². The normalized spacial score (nSPS) is 23.9. The SMILES string of the molecule is COc1ccc2c(c1O)C1=CC(=O)CC[C@@H]1[C@@H](C(=O)O)C2. The monoisotopic (exact) mass is 288 g/mol. The predicted octanol–water partition coefficient (Wildman–Crippen LogP) is 2.02. The molecule has 0 amide bonds. The molecule has 110 valence electrons. The van der Waals surface area contributed by atoms with E-state index in [2.05, 4.69) is 0 Å². The maximum absolute atomic E-state index is 11.7. The number of carbonyl (C=O) groups is 2. The molecule has 1 aromatic carbocycles. The van der Waals surface area contributed by atoms with Gasteiger partial charge in [0.1, 0.15) is 0 Å². The fourth-order valence-corrected chi connectivity index (χ4v) is 3.39. The minimum absolute atomic E-state index is 0.00945. The number of carboxylic acids is 1. The fraction of sp³-hybridized carbons (Fsp3) is 0.375. The number of allylic oxidation sites excluding steroid dienone is 2. The Hall–Kier alpha value is -2.30. The summed E-state index contributed by atoms with van der Waals surface area (Å²) in [5, 5.41) is 19.8. The molecule has 0 aliphatic heterocycles. The summed E-state index contributed by atoms with van der Waals surface area (Å²) in [6.07, 6.45) is 2.72. The lowest BCUT2D eigenvalue weighted by Crippen LogP contribution is -2.33. The van der Waals surface area contributed by atoms with Crippen molar-refractivity contribution in [2.75, 3.05) is 7.11 Å². The molecular formula is C16H16O5. The van der Waals surface area contributed by atoms with Crippen LogP contribution in [0.2, 0.25) is 0 Å². The third kappa shape index (κ3) is 2.09. The largest absolute Gasteiger partial charge is 0.504 e. The Balaban J connectivity index is 2.22. The molecular weight excluding hydrogens is 272 g/mol. The summed E-state index contributed by atoms with van der Waals surface area (Å²) in [4.78, 5) is 23.2. The van der Waals surface area contributed by atoms with Crippen LogP contribution < -0.4 is 4.74 Å². The minimum Gasteiger partial charge on any atom is -0.504 e. The summed E-state index contributed by atoms with van der Waals surface area (Å²) in [6, 6.07) is 3.39. The Labute approximate surface area is 121 Å². The first-order valence-corrected chi connectivity index (χ1v) is 6.89. The van der Waals surface area contributed by atoms with Crippen molar-refractivity contribution in [3.05, 3.63) is 29.3 Å². The molecule has 1 aromatic rings. The highest BCUT2D eigenvalue weighted by Crippen LogP contribution is 2.49. The second-order valence-corrected chi connectivity index (χ2v) is 5.51. The lowest BCUT2D eigenvalue weighted by Gasteiger charge is -2.35. The van der Waals surface area contributed by atoms with Gasteiger partial charge in [-0.05, 0) is 42.0 Å². The Morgan fingerprint density at radius 3 is 2.81 bits per heavy atom. The molecule has 5 heteroatoms. The summed E-state index contributed by atoms with van der Waals surface area (Å²) in [7, 11) is 1.46. The summed E-state index contributed by atoms with van der Waals surface area (Å²) >= 11 is 0. The Kier molecular flexibility index (Phi) is 3.20. The van der Waals surface area contributed by atoms with Crippen molar-refractivity contribution in [1.82, 2.24) is 0 Å². The third-order valence-corrected chi connectivity index (χ3v) is 4.40. The molecule has 0 spiro atoms. The molecule has 5 nitrogen and oxygen atoms in total. The first kappa shape index (κ1) is 13.7. The molecule has 0 saturated carbocycles. The molecule has 2 aliphatic rings. The van der Waals surface area contributed by atoms with Crippen LogP contribution in [0.4, 0.5) is 0 Å². The van der Waals surface area contributed by atoms with Crippen LogP contribution in [0.3, 0.4) is 0 Å². The number of carboxylic acid groups (broad SMARTS) is 1. The van der Waals surface area contributed by atoms with Gasteiger partial charge in [-0.2, -0.15) is 0 Å². The van der Waals surface area contributed by atoms with E-state index in [-0.39, 0.29) is 17.5 Å². The van der Waals surface area contributed by atoms with E-state index in [1.807, 2.05) is 0 Å². The number of ketones is 1. The number of rotatable bonds is 2. The van der Waals surface area contributed by atoms with Crippen LogP contribution in [0.25, 0.3) is 5.57 Å². The van der Waals surface area contributed by atoms with Crippen LogP contribution in [0.1, 0.15) is 24.0 Å². The van der Waals surface area contributed by atoms with Gasteiger partial charge in [0, 0.05) is 12.0 Å². The Morgan fingerprint density at radius 1 is 1.38 bits per heavy atom. The van der Waals surface area contributed by atoms with E-state index in [0.717, 1.165) is 5.56 Å². The first-order chi connectivity index (χ1) is 10.0. The van der Waals surface area contributed by atoms with E-state index in [1.165, 1.54) is 13.2 Å². The predicted molar refractivity (Wildman–Crippen MR) is 75.2 cm³/mol. The number of hydrogen-bond acceptors (Lipinski definition) is 4. The van der Waals surface area contributed by atoms with E-state index in [9.17, 15) is 19.8 Å². The number of fused-ring (bicyclic) bond motifs is 3. The maximum Gasteiger partial charge on any atom is 0.307 e. The number of methoxy groups -OCH3 is 1. The second kappa shape index (κ2) is 4.91. The van der Waals surface area contributed by atoms with Gasteiger partial charge in [0.2, 0.25) is 0 Å². The summed E-state index contributed by atoms with van der Waals surface area (Å²) in [5.41, 5.74) is 1.96. The molecule has 0 radical (unpaired) electrons. The number of aromatic hydroxyl groups is 1. The van der Waals surface area contributed by atoms with Gasteiger partial charge in [-0.25, -0.2) is 0 Å². The van der Waals surface area contributed by atoms with Gasteiger partial charge in [-0.3, -0.25) is 9.59 Å². The quantitative estimate of drug-likeness (QED) is 0.869. The standard InChI is InChI=1S/C16H16O5/c1-21-13-5-2-8-6-12(16(19)20)10-4-3-9(17)7-11(10)14(8)15(13)18/h2,5,7,10,12,18H,3-4,6H2,1H3,(H,19,20)/t10-,12-/m0/s1. The van der Waals surface area contributed by atoms with Gasteiger partial charge in [-0.1, -0.05) is 6.07 Å². The molecule has 0 saturated heterocycles. The first-order valence-electron chi connectivity index (χ1n) is 6.89. The number of phenolic OH excluding ortho intramolecular Hbond substituents is 1. The zero-order chi connectivity index (χ0) is 15.1. The molecule has 0 fully saturated rings. The van der Waals surface area contributed by atoms with E-state index >= 15 is 0 Å². The van der Waals surface area contributed by atoms with Crippen LogP contribution in [-0.2, 0) is 16.0 Å². The fourth-order valence-electron chi connectivity index (χ4n) is 3.39. The van der Waals surface area contributed by atoms with Gasteiger partial charge in [0.15, 0.2) is 17.3 Å². The van der Waals surface area contributed by atoms with E-state index < -0.39 is 11.9 Å². The maximum atomic E-state index is 11.7. The zero-order valence-corrected chi connectivity index (χ0v) is 11.6. The zero-order valence-electron chi connectivity index (χ0n) is 11.6. The highest BCUT2D eigenvalue weighted by atomic mass is 16.5. The van der Waals surface area contributed by atoms with Crippen molar-refractivity contribution in [3.63, 3.8) is 0 Å². The molecule has 2 aliphatic carbocycles. The summed E-state index contributed by atoms with van der Waals surface area (Å²) < 4.78 is 5.11. The molecule has 0 aromatic heterocycles. The lowest BCUT2D eigenvalue weighted by molar-refractivity contribution is -0.143. The number of hydrogen-bond donors (Lipinski definition) is 2. The molecule has 0 unspecified atom stereocenters. The Morgan fingerprint density at radius 2 is 2.14 bits per heavy atom. The molecule has 2 atom stereocenters. The highest BCUT2D eigenvalue weighted by molar-refractivity contribution is 6.01. The number of benzene rings is 1. The number of phenols is 1. The van der Waals surface area contributed by atoms with Crippen LogP contribution in [0.5, 0.6) is 11.5 Å². The summed E-state index contributed by atoms with van der Waals surface area (Å²) in [5.74, 6) is -1.35. The van der Waals surface area contributed by atoms with Gasteiger partial charge in [0.25, 0.3) is 0 Å². The van der Waals surface area contributed by atoms with E-state index in [4.69, 9.17) is 4.74 Å². The second-order valence-electron chi connectivity index (χ2n) is 5.51. The van der Waals surface area contributed by atoms with Crippen molar-refractivity contribution >= 4 is 17.3 Å². The van der Waals surface area contributed by atoms with Crippen LogP contribution in [0.15, 0.2) is 18.2 Å². The molecule has 2 N–H and O–H groups in total. The third-order valence-electron chi connectivity index (χ3n) is 4.40. The van der Waals surface area contributed by atoms with Crippen molar-refractivity contribution in [1.29, 1.82) is 0 Å². The van der Waals surface area contributed by atoms with E-state index in [1.54, 1.807) is 12.1 Å². The molecule has 21 heavy (non-hydrogen) atoms. The molecule has 0 bridgehead atoms. The van der Waals surface area contributed by atoms with Crippen LogP contribution in [0, 0.1) is 11.8 Å². The topological polar surface area (TPSA) is 83.8 Å². The number of ether oxygens (including phenoxy) is 1.